The van der Waals surface area contributed by atoms with Crippen LogP contribution in [0.1, 0.15) is 29.9 Å². The van der Waals surface area contributed by atoms with Gasteiger partial charge in [0.15, 0.2) is 0 Å². The van der Waals surface area contributed by atoms with Crippen LogP contribution in [0.5, 0.6) is 0 Å². The number of aliphatic carboxylic acids is 1. The number of rotatable bonds is 4. The molecule has 0 aromatic heterocycles. The lowest BCUT2D eigenvalue weighted by Crippen LogP contribution is -2.50. The van der Waals surface area contributed by atoms with E-state index in [0.717, 1.165) is 11.1 Å². The Kier molecular flexibility index (Phi) is 3.80. The summed E-state index contributed by atoms with van der Waals surface area (Å²) in [7, 11) is 0. The van der Waals surface area contributed by atoms with Gasteiger partial charge in [0.05, 0.1) is 5.92 Å². The van der Waals surface area contributed by atoms with Gasteiger partial charge in [-0.05, 0) is 18.1 Å². The molecule has 0 bridgehead atoms. The molecule has 3 rings (SSSR count). The fourth-order valence-electron chi connectivity index (χ4n) is 3.74. The van der Waals surface area contributed by atoms with Gasteiger partial charge in [0.2, 0.25) is 0 Å². The number of hydrogen-bond donors (Lipinski definition) is 1. The maximum absolute atomic E-state index is 12.2. The van der Waals surface area contributed by atoms with Crippen molar-refractivity contribution in [3.63, 3.8) is 0 Å². The highest BCUT2D eigenvalue weighted by atomic mass is 16.4. The highest BCUT2D eigenvalue weighted by Crippen LogP contribution is 2.57. The summed E-state index contributed by atoms with van der Waals surface area (Å²) < 4.78 is 0. The molecule has 0 amide bonds. The van der Waals surface area contributed by atoms with E-state index in [9.17, 15) is 14.7 Å². The number of carboxylic acid groups (broad SMARTS) is 1. The first kappa shape index (κ1) is 14.5. The second-order valence-corrected chi connectivity index (χ2v) is 5.87. The van der Waals surface area contributed by atoms with Crippen LogP contribution in [-0.2, 0) is 9.59 Å². The largest absolute Gasteiger partial charge is 0.481 e. The van der Waals surface area contributed by atoms with E-state index in [1.54, 1.807) is 6.92 Å². The molecular weight excluding hydrogens is 276 g/mol. The van der Waals surface area contributed by atoms with Crippen molar-refractivity contribution in [2.24, 2.45) is 11.8 Å². The Bertz CT molecular complexity index is 609. The minimum atomic E-state index is -0.833. The third-order valence-corrected chi connectivity index (χ3v) is 4.67. The average molecular weight is 294 g/mol. The van der Waals surface area contributed by atoms with Crippen LogP contribution in [0.25, 0.3) is 0 Å². The van der Waals surface area contributed by atoms with Crippen LogP contribution < -0.4 is 0 Å². The molecule has 22 heavy (non-hydrogen) atoms. The maximum Gasteiger partial charge on any atom is 0.307 e. The number of carbonyl (C=O) groups is 2. The smallest absolute Gasteiger partial charge is 0.307 e. The van der Waals surface area contributed by atoms with Crippen molar-refractivity contribution in [2.75, 3.05) is 0 Å². The molecule has 2 unspecified atom stereocenters. The molecule has 2 aromatic rings. The van der Waals surface area contributed by atoms with Gasteiger partial charge in [-0.2, -0.15) is 0 Å². The van der Waals surface area contributed by atoms with Crippen molar-refractivity contribution in [1.82, 2.24) is 0 Å². The van der Waals surface area contributed by atoms with Crippen LogP contribution in [0.3, 0.4) is 0 Å². The second-order valence-electron chi connectivity index (χ2n) is 5.87. The van der Waals surface area contributed by atoms with Gasteiger partial charge < -0.3 is 5.11 Å². The Morgan fingerprint density at radius 2 is 1.18 bits per heavy atom. The van der Waals surface area contributed by atoms with Crippen molar-refractivity contribution in [1.29, 1.82) is 0 Å². The molecule has 2 aromatic carbocycles. The van der Waals surface area contributed by atoms with Gasteiger partial charge in [-0.25, -0.2) is 0 Å². The van der Waals surface area contributed by atoms with E-state index < -0.39 is 11.9 Å². The summed E-state index contributed by atoms with van der Waals surface area (Å²) >= 11 is 0. The zero-order valence-corrected chi connectivity index (χ0v) is 12.3. The fraction of sp³-hybridized carbons (Fsp3) is 0.263. The molecule has 1 fully saturated rings. The molecule has 0 heterocycles. The molecule has 0 radical (unpaired) electrons. The Morgan fingerprint density at radius 1 is 0.773 bits per heavy atom. The van der Waals surface area contributed by atoms with Crippen molar-refractivity contribution in [2.45, 2.75) is 18.8 Å². The van der Waals surface area contributed by atoms with Crippen molar-refractivity contribution in [3.8, 4) is 0 Å². The van der Waals surface area contributed by atoms with Gasteiger partial charge in [0.1, 0.15) is 5.78 Å². The van der Waals surface area contributed by atoms with Crippen LogP contribution in [0.15, 0.2) is 60.7 Å². The van der Waals surface area contributed by atoms with Crippen molar-refractivity contribution < 1.29 is 14.7 Å². The minimum absolute atomic E-state index is 0.0557. The van der Waals surface area contributed by atoms with Crippen LogP contribution >= 0.6 is 0 Å². The average Bonchev–Trinajstić information content (AvgIpc) is 2.47. The van der Waals surface area contributed by atoms with Crippen LogP contribution in [-0.4, -0.2) is 16.9 Å². The van der Waals surface area contributed by atoms with Crippen LogP contribution in [0, 0.1) is 11.8 Å². The minimum Gasteiger partial charge on any atom is -0.481 e. The van der Waals surface area contributed by atoms with E-state index in [-0.39, 0.29) is 23.5 Å². The summed E-state index contributed by atoms with van der Waals surface area (Å²) in [6.45, 7) is 1.56. The third-order valence-electron chi connectivity index (χ3n) is 4.67. The van der Waals surface area contributed by atoms with E-state index in [0.29, 0.717) is 0 Å². The number of ketones is 1. The number of carbonyl (C=O) groups excluding carboxylic acids is 1. The lowest BCUT2D eigenvalue weighted by atomic mass is 9.51. The lowest BCUT2D eigenvalue weighted by molar-refractivity contribution is -0.152. The first-order valence-electron chi connectivity index (χ1n) is 7.44. The van der Waals surface area contributed by atoms with E-state index in [2.05, 4.69) is 0 Å². The summed E-state index contributed by atoms with van der Waals surface area (Å²) in [5, 5.41) is 9.68. The quantitative estimate of drug-likeness (QED) is 0.939. The molecule has 0 saturated heterocycles. The Labute approximate surface area is 129 Å². The summed E-state index contributed by atoms with van der Waals surface area (Å²) in [5.74, 6) is -2.10. The third kappa shape index (κ3) is 2.33. The van der Waals surface area contributed by atoms with Gasteiger partial charge in [-0.1, -0.05) is 60.7 Å². The predicted octanol–water partition coefficient (Wildman–Crippen LogP) is 3.47. The normalized spacial score (nSPS) is 27.0. The van der Waals surface area contributed by atoms with Gasteiger partial charge in [0.25, 0.3) is 0 Å². The second kappa shape index (κ2) is 5.76. The van der Waals surface area contributed by atoms with Gasteiger partial charge in [-0.15, -0.1) is 0 Å². The lowest BCUT2D eigenvalue weighted by Gasteiger charge is -2.49. The Morgan fingerprint density at radius 3 is 1.50 bits per heavy atom. The molecule has 3 nitrogen and oxygen atoms in total. The first-order chi connectivity index (χ1) is 10.6. The Balaban J connectivity index is 2.04. The molecular formula is C19H18O3. The summed E-state index contributed by atoms with van der Waals surface area (Å²) in [4.78, 5) is 24.0. The van der Waals surface area contributed by atoms with Gasteiger partial charge >= 0.3 is 5.97 Å². The number of hydrogen-bond acceptors (Lipinski definition) is 2. The fourth-order valence-corrected chi connectivity index (χ4v) is 3.74. The molecule has 1 aliphatic carbocycles. The SMILES string of the molecule is CC(=O)C1C(c2ccccc2)C(C(=O)O)C1c1ccccc1. The van der Waals surface area contributed by atoms with E-state index in [1.807, 2.05) is 60.7 Å². The standard InChI is InChI=1S/C19H18O3/c1-12(20)15-16(13-8-4-2-5-9-13)18(19(21)22)17(15)14-10-6-3-7-11-14/h2-11,15-18H,1H3,(H,21,22). The maximum atomic E-state index is 12.2. The molecule has 1 aliphatic rings. The predicted molar refractivity (Wildman–Crippen MR) is 83.7 cm³/mol. The van der Waals surface area contributed by atoms with Crippen molar-refractivity contribution >= 4 is 11.8 Å². The topological polar surface area (TPSA) is 54.4 Å². The highest BCUT2D eigenvalue weighted by molar-refractivity contribution is 5.87. The van der Waals surface area contributed by atoms with Gasteiger partial charge in [-0.3, -0.25) is 9.59 Å². The van der Waals surface area contributed by atoms with Gasteiger partial charge in [0, 0.05) is 17.8 Å². The molecule has 0 aliphatic heterocycles. The molecule has 2 atom stereocenters. The summed E-state index contributed by atoms with van der Waals surface area (Å²) in [5.41, 5.74) is 1.87. The Hall–Kier alpha value is -2.42. The summed E-state index contributed by atoms with van der Waals surface area (Å²) in [6, 6.07) is 19.0. The first-order valence-corrected chi connectivity index (χ1v) is 7.44. The zero-order valence-electron chi connectivity index (χ0n) is 12.3. The van der Waals surface area contributed by atoms with Crippen molar-refractivity contribution in [3.05, 3.63) is 71.8 Å². The highest BCUT2D eigenvalue weighted by Gasteiger charge is 2.56. The van der Waals surface area contributed by atoms with E-state index in [4.69, 9.17) is 0 Å². The molecule has 3 heteroatoms. The molecule has 1 saturated carbocycles. The number of Topliss-reactive ketones (excluding diaryl/α,β-unsaturated/α-hetero) is 1. The van der Waals surface area contributed by atoms with Crippen LogP contribution in [0.4, 0.5) is 0 Å². The van der Waals surface area contributed by atoms with E-state index >= 15 is 0 Å². The zero-order chi connectivity index (χ0) is 15.7. The molecule has 0 spiro atoms. The van der Waals surface area contributed by atoms with Crippen LogP contribution in [0.2, 0.25) is 0 Å². The number of benzene rings is 2. The molecule has 1 N–H and O–H groups in total. The summed E-state index contributed by atoms with van der Waals surface area (Å²) in [6.07, 6.45) is 0. The number of carboxylic acids is 1. The molecule has 112 valence electrons. The monoisotopic (exact) mass is 294 g/mol. The van der Waals surface area contributed by atoms with E-state index in [1.165, 1.54) is 0 Å².